The Balaban J connectivity index is 2.17. The van der Waals surface area contributed by atoms with E-state index in [1.807, 2.05) is 4.90 Å². The molecule has 1 saturated heterocycles. The lowest BCUT2D eigenvalue weighted by molar-refractivity contribution is -0.132. The molecule has 1 amide bonds. The number of hydrogen-bond donors (Lipinski definition) is 1. The Hall–Kier alpha value is -1.40. The molecule has 1 fully saturated rings. The van der Waals surface area contributed by atoms with Crippen LogP contribution in [-0.2, 0) is 21.5 Å². The van der Waals surface area contributed by atoms with Crippen molar-refractivity contribution in [2.45, 2.75) is 51.1 Å². The molecule has 1 aromatic heterocycles. The second-order valence-electron chi connectivity index (χ2n) is 6.72. The molecular weight excluding hydrogens is 270 g/mol. The highest BCUT2D eigenvalue weighted by Gasteiger charge is 2.46. The fourth-order valence-corrected chi connectivity index (χ4v) is 2.81. The molecule has 0 spiro atoms. The zero-order valence-corrected chi connectivity index (χ0v) is 13.3. The minimum Gasteiger partial charge on any atom is -0.444 e. The number of methoxy groups -OCH3 is 1. The van der Waals surface area contributed by atoms with Gasteiger partial charge < -0.3 is 14.9 Å². The monoisotopic (exact) mass is 295 g/mol. The lowest BCUT2D eigenvalue weighted by atomic mass is 9.94. The predicted octanol–water partition coefficient (Wildman–Crippen LogP) is 1.44. The van der Waals surface area contributed by atoms with Crippen LogP contribution in [0.4, 0.5) is 0 Å². The third kappa shape index (κ3) is 3.11. The molecule has 1 aromatic rings. The van der Waals surface area contributed by atoms with E-state index in [-0.39, 0.29) is 11.3 Å². The molecule has 21 heavy (non-hydrogen) atoms. The van der Waals surface area contributed by atoms with E-state index in [9.17, 15) is 4.79 Å². The number of carbonyl (C=O) groups is 1. The van der Waals surface area contributed by atoms with E-state index in [1.165, 1.54) is 0 Å². The fourth-order valence-electron chi connectivity index (χ4n) is 2.81. The molecule has 0 aromatic carbocycles. The van der Waals surface area contributed by atoms with Crippen LogP contribution in [0, 0.1) is 0 Å². The Morgan fingerprint density at radius 3 is 2.81 bits per heavy atom. The van der Waals surface area contributed by atoms with Crippen molar-refractivity contribution in [1.29, 1.82) is 0 Å². The van der Waals surface area contributed by atoms with Crippen LogP contribution in [0.15, 0.2) is 10.6 Å². The standard InChI is InChI=1S/C15H25N3O3/c1-14(2,3)11-8-17-12(21-11)9-18-7-5-6-15(18,10-20-4)13(16)19/h8H,5-7,9-10H2,1-4H3,(H2,16,19). The topological polar surface area (TPSA) is 81.6 Å². The normalized spacial score (nSPS) is 23.6. The van der Waals surface area contributed by atoms with Gasteiger partial charge in [-0.2, -0.15) is 0 Å². The minimum absolute atomic E-state index is 0.0798. The van der Waals surface area contributed by atoms with Crippen LogP contribution in [0.2, 0.25) is 0 Å². The van der Waals surface area contributed by atoms with Crippen LogP contribution in [0.5, 0.6) is 0 Å². The van der Waals surface area contributed by atoms with E-state index in [0.717, 1.165) is 18.7 Å². The quantitative estimate of drug-likeness (QED) is 0.889. The van der Waals surface area contributed by atoms with Crippen molar-refractivity contribution in [3.8, 4) is 0 Å². The molecule has 1 atom stereocenters. The molecule has 2 heterocycles. The predicted molar refractivity (Wildman–Crippen MR) is 78.6 cm³/mol. The van der Waals surface area contributed by atoms with Gasteiger partial charge in [-0.15, -0.1) is 0 Å². The first-order chi connectivity index (χ1) is 9.79. The molecule has 6 nitrogen and oxygen atoms in total. The molecular formula is C15H25N3O3. The van der Waals surface area contributed by atoms with Crippen molar-refractivity contribution in [2.24, 2.45) is 5.73 Å². The van der Waals surface area contributed by atoms with Crippen LogP contribution in [0.1, 0.15) is 45.3 Å². The average Bonchev–Trinajstić information content (AvgIpc) is 2.98. The summed E-state index contributed by atoms with van der Waals surface area (Å²) in [7, 11) is 1.59. The third-order valence-corrected chi connectivity index (χ3v) is 4.08. The molecule has 0 bridgehead atoms. The summed E-state index contributed by atoms with van der Waals surface area (Å²) < 4.78 is 11.0. The number of aromatic nitrogens is 1. The highest BCUT2D eigenvalue weighted by atomic mass is 16.5. The summed E-state index contributed by atoms with van der Waals surface area (Å²) in [6, 6.07) is 0. The van der Waals surface area contributed by atoms with Crippen molar-refractivity contribution >= 4 is 5.91 Å². The van der Waals surface area contributed by atoms with Crippen LogP contribution in [0.25, 0.3) is 0 Å². The number of amides is 1. The van der Waals surface area contributed by atoms with Crippen molar-refractivity contribution < 1.29 is 13.9 Å². The maximum atomic E-state index is 11.9. The van der Waals surface area contributed by atoms with Gasteiger partial charge in [-0.05, 0) is 19.4 Å². The van der Waals surface area contributed by atoms with Crippen molar-refractivity contribution in [3.63, 3.8) is 0 Å². The van der Waals surface area contributed by atoms with E-state index in [4.69, 9.17) is 14.9 Å². The summed E-state index contributed by atoms with van der Waals surface area (Å²) in [6.07, 6.45) is 3.38. The Kier molecular flexibility index (Phi) is 4.39. The van der Waals surface area contributed by atoms with Gasteiger partial charge in [0.05, 0.1) is 19.3 Å². The summed E-state index contributed by atoms with van der Waals surface area (Å²) in [5.74, 6) is 1.11. The molecule has 0 radical (unpaired) electrons. The zero-order chi connectivity index (χ0) is 15.7. The van der Waals surface area contributed by atoms with Gasteiger partial charge in [0.1, 0.15) is 11.3 Å². The Morgan fingerprint density at radius 2 is 2.29 bits per heavy atom. The number of rotatable bonds is 5. The zero-order valence-electron chi connectivity index (χ0n) is 13.3. The first-order valence-electron chi connectivity index (χ1n) is 7.29. The van der Waals surface area contributed by atoms with Crippen LogP contribution < -0.4 is 5.73 Å². The number of nitrogens with two attached hydrogens (primary N) is 1. The highest BCUT2D eigenvalue weighted by molar-refractivity contribution is 5.85. The maximum Gasteiger partial charge on any atom is 0.240 e. The molecule has 6 heteroatoms. The number of hydrogen-bond acceptors (Lipinski definition) is 5. The fraction of sp³-hybridized carbons (Fsp3) is 0.733. The number of primary amides is 1. The summed E-state index contributed by atoms with van der Waals surface area (Å²) in [5, 5.41) is 0. The number of nitrogens with zero attached hydrogens (tertiary/aromatic N) is 2. The van der Waals surface area contributed by atoms with E-state index in [1.54, 1.807) is 13.3 Å². The summed E-state index contributed by atoms with van der Waals surface area (Å²) in [6.45, 7) is 7.79. The van der Waals surface area contributed by atoms with Crippen molar-refractivity contribution in [3.05, 3.63) is 17.8 Å². The van der Waals surface area contributed by atoms with E-state index in [0.29, 0.717) is 25.5 Å². The number of oxazole rings is 1. The van der Waals surface area contributed by atoms with Crippen molar-refractivity contribution in [1.82, 2.24) is 9.88 Å². The largest absolute Gasteiger partial charge is 0.444 e. The van der Waals surface area contributed by atoms with Crippen LogP contribution in [-0.4, -0.2) is 41.6 Å². The van der Waals surface area contributed by atoms with E-state index < -0.39 is 5.54 Å². The SMILES string of the molecule is COCC1(C(N)=O)CCCN1Cc1ncc(C(C)(C)C)o1. The van der Waals surface area contributed by atoms with Gasteiger partial charge in [-0.25, -0.2) is 4.98 Å². The van der Waals surface area contributed by atoms with Crippen LogP contribution >= 0.6 is 0 Å². The van der Waals surface area contributed by atoms with Gasteiger partial charge >= 0.3 is 0 Å². The number of likely N-dealkylation sites (tertiary alicyclic amines) is 1. The van der Waals surface area contributed by atoms with Gasteiger partial charge in [0.25, 0.3) is 0 Å². The molecule has 1 aliphatic rings. The molecule has 0 aliphatic carbocycles. The second kappa shape index (κ2) is 5.77. The Morgan fingerprint density at radius 1 is 1.57 bits per heavy atom. The molecule has 118 valence electrons. The third-order valence-electron chi connectivity index (χ3n) is 4.08. The number of carbonyl (C=O) groups excluding carboxylic acids is 1. The molecule has 0 saturated carbocycles. The van der Waals surface area contributed by atoms with Gasteiger partial charge in [-0.1, -0.05) is 20.8 Å². The molecule has 2 rings (SSSR count). The average molecular weight is 295 g/mol. The Bertz CT molecular complexity index is 507. The van der Waals surface area contributed by atoms with Crippen molar-refractivity contribution in [2.75, 3.05) is 20.3 Å². The highest BCUT2D eigenvalue weighted by Crippen LogP contribution is 2.32. The first kappa shape index (κ1) is 16.0. The summed E-state index contributed by atoms with van der Waals surface area (Å²) >= 11 is 0. The summed E-state index contributed by atoms with van der Waals surface area (Å²) in [4.78, 5) is 18.3. The minimum atomic E-state index is -0.745. The van der Waals surface area contributed by atoms with Gasteiger partial charge in [-0.3, -0.25) is 9.69 Å². The molecule has 1 aliphatic heterocycles. The number of ether oxygens (including phenoxy) is 1. The Labute approximate surface area is 125 Å². The molecule has 1 unspecified atom stereocenters. The van der Waals surface area contributed by atoms with E-state index in [2.05, 4.69) is 25.8 Å². The van der Waals surface area contributed by atoms with Gasteiger partial charge in [0, 0.05) is 12.5 Å². The van der Waals surface area contributed by atoms with E-state index >= 15 is 0 Å². The second-order valence-corrected chi connectivity index (χ2v) is 6.72. The van der Waals surface area contributed by atoms with Crippen LogP contribution in [0.3, 0.4) is 0 Å². The lowest BCUT2D eigenvalue weighted by Crippen LogP contribution is -2.56. The summed E-state index contributed by atoms with van der Waals surface area (Å²) in [5.41, 5.74) is 4.80. The smallest absolute Gasteiger partial charge is 0.240 e. The maximum absolute atomic E-state index is 11.9. The lowest BCUT2D eigenvalue weighted by Gasteiger charge is -2.34. The first-order valence-corrected chi connectivity index (χ1v) is 7.29. The van der Waals surface area contributed by atoms with Gasteiger partial charge in [0.2, 0.25) is 11.8 Å². The molecule has 2 N–H and O–H groups in total. The van der Waals surface area contributed by atoms with Gasteiger partial charge in [0.15, 0.2) is 0 Å².